The molecule has 0 aliphatic carbocycles. The molecule has 0 radical (unpaired) electrons. The molecule has 2 aromatic carbocycles. The molecule has 1 N–H and O–H groups in total. The fraction of sp³-hybridized carbons (Fsp3) is 0.333. The number of hydrogen-bond acceptors (Lipinski definition) is 4. The molecule has 22 heavy (non-hydrogen) atoms. The summed E-state index contributed by atoms with van der Waals surface area (Å²) in [5.74, 6) is 1.50. The van der Waals surface area contributed by atoms with Crippen molar-refractivity contribution >= 4 is 5.69 Å². The minimum atomic E-state index is 0.494. The van der Waals surface area contributed by atoms with Crippen molar-refractivity contribution in [1.82, 2.24) is 0 Å². The van der Waals surface area contributed by atoms with E-state index in [1.807, 2.05) is 24.3 Å². The van der Waals surface area contributed by atoms with E-state index in [4.69, 9.17) is 14.2 Å². The highest BCUT2D eigenvalue weighted by atomic mass is 16.5. The second kappa shape index (κ2) is 8.29. The van der Waals surface area contributed by atoms with Crippen LogP contribution in [-0.2, 0) is 11.3 Å². The van der Waals surface area contributed by atoms with Crippen LogP contribution in [0.1, 0.15) is 11.1 Å². The van der Waals surface area contributed by atoms with E-state index in [1.165, 1.54) is 5.56 Å². The summed E-state index contributed by atoms with van der Waals surface area (Å²) in [6, 6.07) is 14.2. The van der Waals surface area contributed by atoms with Crippen molar-refractivity contribution in [3.63, 3.8) is 0 Å². The highest BCUT2D eigenvalue weighted by Gasteiger charge is 2.10. The van der Waals surface area contributed by atoms with E-state index < -0.39 is 0 Å². The molecule has 0 unspecified atom stereocenters. The summed E-state index contributed by atoms with van der Waals surface area (Å²) >= 11 is 0. The Bertz CT molecular complexity index is 599. The molecule has 118 valence electrons. The van der Waals surface area contributed by atoms with Gasteiger partial charge in [0.05, 0.1) is 13.7 Å². The Morgan fingerprint density at radius 3 is 2.55 bits per heavy atom. The van der Waals surface area contributed by atoms with Gasteiger partial charge >= 0.3 is 0 Å². The zero-order valence-electron chi connectivity index (χ0n) is 13.4. The van der Waals surface area contributed by atoms with Crippen molar-refractivity contribution in [3.05, 3.63) is 53.6 Å². The van der Waals surface area contributed by atoms with Crippen molar-refractivity contribution in [2.75, 3.05) is 32.8 Å². The van der Waals surface area contributed by atoms with E-state index in [1.54, 1.807) is 14.2 Å². The summed E-state index contributed by atoms with van der Waals surface area (Å²) < 4.78 is 16.3. The fourth-order valence-electron chi connectivity index (χ4n) is 2.20. The molecule has 0 aromatic heterocycles. The second-order valence-corrected chi connectivity index (χ2v) is 5.01. The first-order valence-electron chi connectivity index (χ1n) is 7.32. The molecule has 0 atom stereocenters. The summed E-state index contributed by atoms with van der Waals surface area (Å²) in [5, 5.41) is 3.42. The topological polar surface area (TPSA) is 39.7 Å². The Labute approximate surface area is 132 Å². The van der Waals surface area contributed by atoms with Gasteiger partial charge in [0.2, 0.25) is 0 Å². The van der Waals surface area contributed by atoms with E-state index in [9.17, 15) is 0 Å². The monoisotopic (exact) mass is 301 g/mol. The third-order valence-electron chi connectivity index (χ3n) is 3.32. The lowest BCUT2D eigenvalue weighted by molar-refractivity contribution is 0.143. The molecular weight excluding hydrogens is 278 g/mol. The van der Waals surface area contributed by atoms with Crippen LogP contribution in [0.3, 0.4) is 0 Å². The lowest BCUT2D eigenvalue weighted by Gasteiger charge is -2.16. The number of methoxy groups -OCH3 is 2. The van der Waals surface area contributed by atoms with Crippen LogP contribution in [0.15, 0.2) is 42.5 Å². The van der Waals surface area contributed by atoms with Gasteiger partial charge in [-0.3, -0.25) is 0 Å². The van der Waals surface area contributed by atoms with E-state index in [2.05, 4.69) is 30.4 Å². The Morgan fingerprint density at radius 2 is 1.82 bits per heavy atom. The van der Waals surface area contributed by atoms with Gasteiger partial charge in [0.25, 0.3) is 0 Å². The summed E-state index contributed by atoms with van der Waals surface area (Å²) in [5.41, 5.74) is 3.37. The van der Waals surface area contributed by atoms with Gasteiger partial charge in [-0.2, -0.15) is 0 Å². The highest BCUT2D eigenvalue weighted by Crippen LogP contribution is 2.31. The molecule has 0 aliphatic heterocycles. The third kappa shape index (κ3) is 4.40. The number of aryl methyl sites for hydroxylation is 1. The number of nitrogens with one attached hydrogen (secondary N) is 1. The molecule has 4 nitrogen and oxygen atoms in total. The van der Waals surface area contributed by atoms with Crippen LogP contribution in [0.4, 0.5) is 5.69 Å². The van der Waals surface area contributed by atoms with Gasteiger partial charge in [-0.1, -0.05) is 24.3 Å². The lowest BCUT2D eigenvalue weighted by atomic mass is 10.1. The number of hydrogen-bond donors (Lipinski definition) is 1. The minimum Gasteiger partial charge on any atom is -0.493 e. The van der Waals surface area contributed by atoms with E-state index in [0.717, 1.165) is 22.7 Å². The van der Waals surface area contributed by atoms with Gasteiger partial charge < -0.3 is 19.5 Å². The van der Waals surface area contributed by atoms with Crippen molar-refractivity contribution in [3.8, 4) is 11.5 Å². The van der Waals surface area contributed by atoms with Crippen LogP contribution in [-0.4, -0.2) is 27.4 Å². The molecule has 0 fully saturated rings. The number of para-hydroxylation sites is 1. The number of ether oxygens (including phenoxy) is 3. The molecule has 0 amide bonds. The van der Waals surface area contributed by atoms with Crippen LogP contribution in [0.25, 0.3) is 0 Å². The standard InChI is InChI=1S/C18H23NO3/c1-14-6-4-8-16(12-14)19-13-15-7-5-9-17(21-3)18(15)22-11-10-20-2/h4-9,12,19H,10-11,13H2,1-3H3. The summed E-state index contributed by atoms with van der Waals surface area (Å²) in [6.45, 7) is 3.79. The van der Waals surface area contributed by atoms with Gasteiger partial charge in [0.15, 0.2) is 11.5 Å². The SMILES string of the molecule is COCCOc1c(CNc2cccc(C)c2)cccc1OC. The Morgan fingerprint density at radius 1 is 1.00 bits per heavy atom. The first-order chi connectivity index (χ1) is 10.7. The molecule has 4 heteroatoms. The predicted octanol–water partition coefficient (Wildman–Crippen LogP) is 3.64. The number of benzene rings is 2. The van der Waals surface area contributed by atoms with Crippen LogP contribution < -0.4 is 14.8 Å². The fourth-order valence-corrected chi connectivity index (χ4v) is 2.20. The average Bonchev–Trinajstić information content (AvgIpc) is 2.54. The summed E-state index contributed by atoms with van der Waals surface area (Å²) in [7, 11) is 3.31. The molecule has 0 spiro atoms. The Hall–Kier alpha value is -2.20. The first kappa shape index (κ1) is 16.2. The molecule has 0 saturated carbocycles. The van der Waals surface area contributed by atoms with E-state index >= 15 is 0 Å². The molecule has 0 heterocycles. The smallest absolute Gasteiger partial charge is 0.166 e. The molecule has 0 saturated heterocycles. The maximum atomic E-state index is 5.82. The Kier molecular flexibility index (Phi) is 6.10. The van der Waals surface area contributed by atoms with Crippen LogP contribution in [0.2, 0.25) is 0 Å². The van der Waals surface area contributed by atoms with Crippen molar-refractivity contribution in [2.24, 2.45) is 0 Å². The van der Waals surface area contributed by atoms with Gasteiger partial charge in [-0.05, 0) is 30.7 Å². The Balaban J connectivity index is 2.11. The second-order valence-electron chi connectivity index (χ2n) is 5.01. The molecular formula is C18H23NO3. The van der Waals surface area contributed by atoms with E-state index in [-0.39, 0.29) is 0 Å². The highest BCUT2D eigenvalue weighted by molar-refractivity contribution is 5.50. The maximum Gasteiger partial charge on any atom is 0.166 e. The normalized spacial score (nSPS) is 10.3. The summed E-state index contributed by atoms with van der Waals surface area (Å²) in [6.07, 6.45) is 0. The van der Waals surface area contributed by atoms with Gasteiger partial charge in [0.1, 0.15) is 6.61 Å². The van der Waals surface area contributed by atoms with Gasteiger partial charge in [-0.25, -0.2) is 0 Å². The zero-order chi connectivity index (χ0) is 15.8. The molecule has 2 rings (SSSR count). The van der Waals surface area contributed by atoms with Crippen molar-refractivity contribution in [2.45, 2.75) is 13.5 Å². The van der Waals surface area contributed by atoms with Crippen LogP contribution >= 0.6 is 0 Å². The van der Waals surface area contributed by atoms with Crippen LogP contribution in [0.5, 0.6) is 11.5 Å². The van der Waals surface area contributed by atoms with Crippen molar-refractivity contribution < 1.29 is 14.2 Å². The maximum absolute atomic E-state index is 5.82. The van der Waals surface area contributed by atoms with Crippen molar-refractivity contribution in [1.29, 1.82) is 0 Å². The summed E-state index contributed by atoms with van der Waals surface area (Å²) in [4.78, 5) is 0. The van der Waals surface area contributed by atoms with E-state index in [0.29, 0.717) is 19.8 Å². The third-order valence-corrected chi connectivity index (χ3v) is 3.32. The molecule has 2 aromatic rings. The molecule has 0 aliphatic rings. The van der Waals surface area contributed by atoms with Gasteiger partial charge in [0, 0.05) is 24.9 Å². The van der Waals surface area contributed by atoms with Gasteiger partial charge in [-0.15, -0.1) is 0 Å². The number of rotatable bonds is 8. The average molecular weight is 301 g/mol. The predicted molar refractivity (Wildman–Crippen MR) is 88.9 cm³/mol. The zero-order valence-corrected chi connectivity index (χ0v) is 13.4. The first-order valence-corrected chi connectivity index (χ1v) is 7.32. The van der Waals surface area contributed by atoms with Crippen LogP contribution in [0, 0.1) is 6.92 Å². The largest absolute Gasteiger partial charge is 0.493 e. The quantitative estimate of drug-likeness (QED) is 0.756. The number of anilines is 1. The minimum absolute atomic E-state index is 0.494. The molecule has 0 bridgehead atoms. The lowest BCUT2D eigenvalue weighted by Crippen LogP contribution is -2.09.